The minimum atomic E-state index is -1.95. The van der Waals surface area contributed by atoms with E-state index >= 15 is 0 Å². The van der Waals surface area contributed by atoms with Gasteiger partial charge in [-0.15, -0.1) is 0 Å². The third-order valence-electron chi connectivity index (χ3n) is 0.388. The van der Waals surface area contributed by atoms with Crippen molar-refractivity contribution in [3.63, 3.8) is 0 Å². The van der Waals surface area contributed by atoms with E-state index in [0.717, 1.165) is 0 Å². The molecule has 0 aliphatic rings. The van der Waals surface area contributed by atoms with Crippen molar-refractivity contribution in [1.82, 2.24) is 0 Å². The predicted molar refractivity (Wildman–Crippen MR) is 26.0 cm³/mol. The number of carboxylic acid groups (broad SMARTS) is 2. The Kier molecular flexibility index (Phi) is 6.11. The zero-order chi connectivity index (χ0) is 6.73. The van der Waals surface area contributed by atoms with Gasteiger partial charge in [0.15, 0.2) is 0 Å². The number of carbonyl (C=O) groups excluding carboxylic acids is 1. The molecule has 0 aromatic carbocycles. The second kappa shape index (κ2) is 4.72. The Hall–Kier alpha value is -0.130. The van der Waals surface area contributed by atoms with Crippen LogP contribution in [0.25, 0.3) is 0 Å². The van der Waals surface area contributed by atoms with E-state index in [1.807, 2.05) is 0 Å². The molecule has 0 aromatic rings. The van der Waals surface area contributed by atoms with E-state index in [9.17, 15) is 14.4 Å². The van der Waals surface area contributed by atoms with Crippen LogP contribution in [0.3, 0.4) is 0 Å². The van der Waals surface area contributed by atoms with Gasteiger partial charge in [0.1, 0.15) is 0 Å². The van der Waals surface area contributed by atoms with E-state index in [-0.39, 0.29) is 37.7 Å². The Balaban J connectivity index is 0. The van der Waals surface area contributed by atoms with Gasteiger partial charge in [0.2, 0.25) is 0 Å². The molecular weight excluding hydrogens is 156 g/mol. The summed E-state index contributed by atoms with van der Waals surface area (Å²) in [5.74, 6) is -5.71. The molecule has 5 nitrogen and oxygen atoms in total. The van der Waals surface area contributed by atoms with Gasteiger partial charge in [-0.25, -0.2) is 9.59 Å². The molecule has 0 rings (SSSR count). The second-order valence-corrected chi connectivity index (χ2v) is 0.939. The molecule has 0 spiro atoms. The fourth-order valence-electron chi connectivity index (χ4n) is 0.0915. The molecule has 0 aliphatic heterocycles. The van der Waals surface area contributed by atoms with Gasteiger partial charge in [-0.1, -0.05) is 0 Å². The van der Waals surface area contributed by atoms with Gasteiger partial charge < -0.3 is 10.2 Å². The fraction of sp³-hybridized carbons (Fsp3) is 0. The number of rotatable bonds is 2. The summed E-state index contributed by atoms with van der Waals surface area (Å²) in [7, 11) is 0. The van der Waals surface area contributed by atoms with Gasteiger partial charge in [-0.05, 0) is 0 Å². The molecule has 46 valence electrons. The Labute approximate surface area is 79.7 Å². The third-order valence-corrected chi connectivity index (χ3v) is 0.388. The summed E-state index contributed by atoms with van der Waals surface area (Å²) in [5, 5.41) is 15.2. The van der Waals surface area contributed by atoms with Crippen molar-refractivity contribution in [2.45, 2.75) is 0 Å². The summed E-state index contributed by atoms with van der Waals surface area (Å²) in [6.45, 7) is 0. The summed E-state index contributed by atoms with van der Waals surface area (Å²) in [4.78, 5) is 28.5. The second-order valence-electron chi connectivity index (χ2n) is 0.939. The van der Waals surface area contributed by atoms with Crippen LogP contribution in [0.4, 0.5) is 0 Å². The molecule has 9 heavy (non-hydrogen) atoms. The first-order valence-corrected chi connectivity index (χ1v) is 1.56. The standard InChI is InChI=1S/C3H2O5.Ca/c4-1(2(5)6)3(7)8;/h(H,5,6)(H,7,8);. The van der Waals surface area contributed by atoms with Crippen molar-refractivity contribution in [3.05, 3.63) is 0 Å². The first-order valence-electron chi connectivity index (χ1n) is 1.56. The van der Waals surface area contributed by atoms with Crippen LogP contribution in [0, 0.1) is 0 Å². The molecule has 2 N–H and O–H groups in total. The van der Waals surface area contributed by atoms with Crippen molar-refractivity contribution in [2.75, 3.05) is 0 Å². The molecule has 0 aliphatic carbocycles. The minimum absolute atomic E-state index is 0. The average Bonchev–Trinajstić information content (AvgIpc) is 1.64. The maximum atomic E-state index is 9.64. The van der Waals surface area contributed by atoms with Gasteiger partial charge in [0.05, 0.1) is 0 Å². The Morgan fingerprint density at radius 1 is 0.889 bits per heavy atom. The molecule has 0 heterocycles. The summed E-state index contributed by atoms with van der Waals surface area (Å²) in [5.41, 5.74) is 0. The molecule has 0 saturated carbocycles. The zero-order valence-corrected chi connectivity index (χ0v) is 6.53. The van der Waals surface area contributed by atoms with E-state index in [0.29, 0.717) is 0 Å². The van der Waals surface area contributed by atoms with E-state index in [2.05, 4.69) is 0 Å². The van der Waals surface area contributed by atoms with Gasteiger partial charge in [0, 0.05) is 37.7 Å². The normalized spacial score (nSPS) is 7.11. The molecule has 0 atom stereocenters. The van der Waals surface area contributed by atoms with Crippen LogP contribution in [-0.2, 0) is 14.4 Å². The number of Topliss-reactive ketones (excluding diaryl/α,β-unsaturated/α-hetero) is 1. The first-order chi connectivity index (χ1) is 3.55. The molecule has 0 aromatic heterocycles. The fourth-order valence-corrected chi connectivity index (χ4v) is 0.0915. The topological polar surface area (TPSA) is 91.7 Å². The molecular formula is C3H2CaO5. The van der Waals surface area contributed by atoms with Crippen molar-refractivity contribution in [3.8, 4) is 0 Å². The summed E-state index contributed by atoms with van der Waals surface area (Å²) in [6.07, 6.45) is 0. The maximum Gasteiger partial charge on any atom is 0.384 e. The number of carboxylic acids is 2. The van der Waals surface area contributed by atoms with Crippen LogP contribution < -0.4 is 0 Å². The molecule has 6 heteroatoms. The molecule has 0 bridgehead atoms. The molecule has 0 fully saturated rings. The first kappa shape index (κ1) is 11.6. The van der Waals surface area contributed by atoms with E-state index < -0.39 is 17.7 Å². The average molecular weight is 158 g/mol. The molecule has 0 unspecified atom stereocenters. The number of carbonyl (C=O) groups is 3. The summed E-state index contributed by atoms with van der Waals surface area (Å²) in [6, 6.07) is 0. The van der Waals surface area contributed by atoms with Crippen LogP contribution in [0.15, 0.2) is 0 Å². The molecule has 0 amide bonds. The van der Waals surface area contributed by atoms with Crippen molar-refractivity contribution < 1.29 is 24.6 Å². The molecule has 0 saturated heterocycles. The quantitative estimate of drug-likeness (QED) is 0.285. The van der Waals surface area contributed by atoms with E-state index in [1.165, 1.54) is 0 Å². The van der Waals surface area contributed by atoms with Crippen molar-refractivity contribution >= 4 is 55.5 Å². The smallest absolute Gasteiger partial charge is 0.384 e. The minimum Gasteiger partial charge on any atom is -0.475 e. The van der Waals surface area contributed by atoms with Crippen LogP contribution in [0.1, 0.15) is 0 Å². The molecule has 2 radical (unpaired) electrons. The monoisotopic (exact) mass is 158 g/mol. The maximum absolute atomic E-state index is 9.64. The predicted octanol–water partition coefficient (Wildman–Crippen LogP) is -1.66. The van der Waals surface area contributed by atoms with Crippen LogP contribution in [-0.4, -0.2) is 65.7 Å². The number of hydrogen-bond donors (Lipinski definition) is 2. The third kappa shape index (κ3) is 4.38. The van der Waals surface area contributed by atoms with Crippen LogP contribution in [0.5, 0.6) is 0 Å². The number of ketones is 1. The van der Waals surface area contributed by atoms with Crippen molar-refractivity contribution in [2.24, 2.45) is 0 Å². The zero-order valence-electron chi connectivity index (χ0n) is 4.33. The van der Waals surface area contributed by atoms with Gasteiger partial charge in [-0.3, -0.25) is 4.79 Å². The number of hydrogen-bond acceptors (Lipinski definition) is 3. The van der Waals surface area contributed by atoms with E-state index in [4.69, 9.17) is 10.2 Å². The van der Waals surface area contributed by atoms with Crippen molar-refractivity contribution in [1.29, 1.82) is 0 Å². The summed E-state index contributed by atoms with van der Waals surface area (Å²) >= 11 is 0. The number of aliphatic carboxylic acids is 2. The Morgan fingerprint density at radius 2 is 1.11 bits per heavy atom. The van der Waals surface area contributed by atoms with Crippen LogP contribution >= 0.6 is 0 Å². The SMILES string of the molecule is O=C(O)C(=O)C(=O)O.[Ca]. The largest absolute Gasteiger partial charge is 0.475 e. The van der Waals surface area contributed by atoms with E-state index in [1.54, 1.807) is 0 Å². The van der Waals surface area contributed by atoms with Gasteiger partial charge in [0.25, 0.3) is 0 Å². The van der Waals surface area contributed by atoms with Crippen LogP contribution in [0.2, 0.25) is 0 Å². The van der Waals surface area contributed by atoms with Gasteiger partial charge >= 0.3 is 17.7 Å². The Morgan fingerprint density at radius 3 is 1.11 bits per heavy atom. The Bertz CT molecular complexity index is 134. The van der Waals surface area contributed by atoms with Gasteiger partial charge in [-0.2, -0.15) is 0 Å². The summed E-state index contributed by atoms with van der Waals surface area (Å²) < 4.78 is 0.